The molecule has 31 heavy (non-hydrogen) atoms. The van der Waals surface area contributed by atoms with Crippen LogP contribution in [-0.4, -0.2) is 60.3 Å². The van der Waals surface area contributed by atoms with Crippen LogP contribution in [0.5, 0.6) is 0 Å². The standard InChI is InChI=1S/C25H36N2O4/c1-26-11-13-27(14-12-26)25(29)23-15-22(21-5-3-2-4-6-21)16-24(31-23)30-18-20-9-7-19(17-28)8-10-20/h7-10,15,21-22,24,28H,2-6,11-14,16-18H2,1H3/t22-,24+/m1/s1. The molecule has 6 nitrogen and oxygen atoms in total. The van der Waals surface area contributed by atoms with Crippen molar-refractivity contribution in [3.8, 4) is 0 Å². The molecule has 2 heterocycles. The Labute approximate surface area is 185 Å². The van der Waals surface area contributed by atoms with Crippen molar-refractivity contribution in [2.75, 3.05) is 33.2 Å². The fourth-order valence-electron chi connectivity index (χ4n) is 4.92. The van der Waals surface area contributed by atoms with Crippen LogP contribution >= 0.6 is 0 Å². The van der Waals surface area contributed by atoms with Crippen LogP contribution in [0.4, 0.5) is 0 Å². The van der Waals surface area contributed by atoms with Gasteiger partial charge in [0.2, 0.25) is 6.29 Å². The molecule has 1 N–H and O–H groups in total. The monoisotopic (exact) mass is 428 g/mol. The topological polar surface area (TPSA) is 62.2 Å². The number of piperazine rings is 1. The van der Waals surface area contributed by atoms with E-state index >= 15 is 0 Å². The lowest BCUT2D eigenvalue weighted by Crippen LogP contribution is -2.48. The van der Waals surface area contributed by atoms with E-state index in [2.05, 4.69) is 18.0 Å². The van der Waals surface area contributed by atoms with E-state index in [9.17, 15) is 9.90 Å². The van der Waals surface area contributed by atoms with Gasteiger partial charge < -0.3 is 24.4 Å². The molecule has 170 valence electrons. The van der Waals surface area contributed by atoms with Gasteiger partial charge in [0, 0.05) is 32.6 Å². The molecule has 4 rings (SSSR count). The summed E-state index contributed by atoms with van der Waals surface area (Å²) in [4.78, 5) is 17.4. The van der Waals surface area contributed by atoms with Gasteiger partial charge >= 0.3 is 0 Å². The van der Waals surface area contributed by atoms with Gasteiger partial charge in [-0.05, 0) is 48.9 Å². The van der Waals surface area contributed by atoms with E-state index in [1.54, 1.807) is 0 Å². The van der Waals surface area contributed by atoms with Crippen LogP contribution in [0.15, 0.2) is 36.1 Å². The number of allylic oxidation sites excluding steroid dienone is 1. The van der Waals surface area contributed by atoms with Crippen molar-refractivity contribution in [1.29, 1.82) is 0 Å². The molecule has 3 aliphatic rings. The number of rotatable bonds is 6. The minimum Gasteiger partial charge on any atom is -0.459 e. The van der Waals surface area contributed by atoms with Crippen molar-refractivity contribution < 1.29 is 19.4 Å². The van der Waals surface area contributed by atoms with Crippen molar-refractivity contribution in [2.24, 2.45) is 11.8 Å². The van der Waals surface area contributed by atoms with Gasteiger partial charge in [0.15, 0.2) is 5.76 Å². The molecule has 0 aromatic heterocycles. The second-order valence-electron chi connectivity index (χ2n) is 9.26. The first-order valence-corrected chi connectivity index (χ1v) is 11.8. The van der Waals surface area contributed by atoms with E-state index in [0.717, 1.165) is 43.7 Å². The first-order valence-electron chi connectivity index (χ1n) is 11.8. The Bertz CT molecular complexity index is 749. The van der Waals surface area contributed by atoms with E-state index in [0.29, 0.717) is 24.2 Å². The highest BCUT2D eigenvalue weighted by atomic mass is 16.7. The lowest BCUT2D eigenvalue weighted by atomic mass is 9.77. The molecular formula is C25H36N2O4. The maximum Gasteiger partial charge on any atom is 0.288 e. The Morgan fingerprint density at radius 1 is 1.06 bits per heavy atom. The smallest absolute Gasteiger partial charge is 0.288 e. The van der Waals surface area contributed by atoms with Crippen LogP contribution in [0.25, 0.3) is 0 Å². The predicted octanol–water partition coefficient (Wildman–Crippen LogP) is 3.30. The van der Waals surface area contributed by atoms with Crippen molar-refractivity contribution in [1.82, 2.24) is 9.80 Å². The average Bonchev–Trinajstić information content (AvgIpc) is 2.83. The summed E-state index contributed by atoms with van der Waals surface area (Å²) >= 11 is 0. The van der Waals surface area contributed by atoms with E-state index in [1.165, 1.54) is 32.1 Å². The Morgan fingerprint density at radius 2 is 1.74 bits per heavy atom. The largest absolute Gasteiger partial charge is 0.459 e. The molecule has 1 saturated carbocycles. The van der Waals surface area contributed by atoms with E-state index < -0.39 is 6.29 Å². The summed E-state index contributed by atoms with van der Waals surface area (Å²) < 4.78 is 12.3. The zero-order chi connectivity index (χ0) is 21.6. The molecule has 2 fully saturated rings. The normalized spacial score (nSPS) is 25.7. The first-order chi connectivity index (χ1) is 15.1. The molecule has 1 aromatic rings. The zero-order valence-corrected chi connectivity index (χ0v) is 18.7. The number of aliphatic hydroxyl groups excluding tert-OH is 1. The molecule has 0 spiro atoms. The number of likely N-dealkylation sites (N-methyl/N-ethyl adjacent to an activating group) is 1. The molecule has 6 heteroatoms. The fourth-order valence-corrected chi connectivity index (χ4v) is 4.92. The van der Waals surface area contributed by atoms with Gasteiger partial charge in [-0.2, -0.15) is 0 Å². The summed E-state index contributed by atoms with van der Waals surface area (Å²) in [6, 6.07) is 7.76. The lowest BCUT2D eigenvalue weighted by Gasteiger charge is -2.37. The lowest BCUT2D eigenvalue weighted by molar-refractivity contribution is -0.161. The number of hydrogen-bond donors (Lipinski definition) is 1. The number of carbonyl (C=O) groups excluding carboxylic acids is 1. The van der Waals surface area contributed by atoms with Crippen molar-refractivity contribution in [2.45, 2.75) is 58.0 Å². The quantitative estimate of drug-likeness (QED) is 0.753. The van der Waals surface area contributed by atoms with Gasteiger partial charge in [-0.15, -0.1) is 0 Å². The number of hydrogen-bond acceptors (Lipinski definition) is 5. The maximum absolute atomic E-state index is 13.2. The molecule has 0 bridgehead atoms. The molecule has 1 amide bonds. The fraction of sp³-hybridized carbons (Fsp3) is 0.640. The van der Waals surface area contributed by atoms with Gasteiger partial charge in [-0.3, -0.25) is 4.79 Å². The van der Waals surface area contributed by atoms with Crippen LogP contribution in [0.1, 0.15) is 49.7 Å². The molecule has 0 radical (unpaired) electrons. The number of aliphatic hydroxyl groups is 1. The third-order valence-electron chi connectivity index (χ3n) is 6.99. The minimum absolute atomic E-state index is 0.00880. The summed E-state index contributed by atoms with van der Waals surface area (Å²) in [6.07, 6.45) is 8.84. The zero-order valence-electron chi connectivity index (χ0n) is 18.7. The Balaban J connectivity index is 1.43. The van der Waals surface area contributed by atoms with Gasteiger partial charge in [-0.25, -0.2) is 0 Å². The summed E-state index contributed by atoms with van der Waals surface area (Å²) in [6.45, 7) is 3.76. The second kappa shape index (κ2) is 10.6. The SMILES string of the molecule is CN1CCN(C(=O)C2=C[C@@H](C3CCCCC3)C[C@@H](OCc3ccc(CO)cc3)O2)CC1. The molecule has 2 atom stereocenters. The van der Waals surface area contributed by atoms with E-state index in [-0.39, 0.29) is 12.5 Å². The molecule has 1 aliphatic carbocycles. The Hall–Kier alpha value is -1.89. The summed E-state index contributed by atoms with van der Waals surface area (Å²) in [5.74, 6) is 1.44. The molecule has 0 unspecified atom stereocenters. The first kappa shape index (κ1) is 22.3. The molecular weight excluding hydrogens is 392 g/mol. The number of ether oxygens (including phenoxy) is 2. The van der Waals surface area contributed by atoms with Crippen LogP contribution in [0, 0.1) is 11.8 Å². The molecule has 1 saturated heterocycles. The summed E-state index contributed by atoms with van der Waals surface area (Å²) in [5.41, 5.74) is 1.93. The summed E-state index contributed by atoms with van der Waals surface area (Å²) in [7, 11) is 2.09. The number of nitrogens with zero attached hydrogens (tertiary/aromatic N) is 2. The van der Waals surface area contributed by atoms with Crippen LogP contribution < -0.4 is 0 Å². The van der Waals surface area contributed by atoms with Crippen LogP contribution in [-0.2, 0) is 27.5 Å². The number of amides is 1. The highest BCUT2D eigenvalue weighted by molar-refractivity contribution is 5.91. The predicted molar refractivity (Wildman–Crippen MR) is 119 cm³/mol. The second-order valence-corrected chi connectivity index (χ2v) is 9.26. The Kier molecular flexibility index (Phi) is 7.64. The van der Waals surface area contributed by atoms with Crippen LogP contribution in [0.3, 0.4) is 0 Å². The van der Waals surface area contributed by atoms with Gasteiger partial charge in [0.1, 0.15) is 0 Å². The highest BCUT2D eigenvalue weighted by Crippen LogP contribution is 2.37. The van der Waals surface area contributed by atoms with Crippen molar-refractivity contribution in [3.05, 3.63) is 47.2 Å². The van der Waals surface area contributed by atoms with E-state index in [1.807, 2.05) is 29.2 Å². The minimum atomic E-state index is -0.402. The summed E-state index contributed by atoms with van der Waals surface area (Å²) in [5, 5.41) is 9.22. The molecule has 2 aliphatic heterocycles. The van der Waals surface area contributed by atoms with E-state index in [4.69, 9.17) is 9.47 Å². The third-order valence-corrected chi connectivity index (χ3v) is 6.99. The van der Waals surface area contributed by atoms with Crippen molar-refractivity contribution >= 4 is 5.91 Å². The van der Waals surface area contributed by atoms with Crippen LogP contribution in [0.2, 0.25) is 0 Å². The van der Waals surface area contributed by atoms with Gasteiger partial charge in [0.05, 0.1) is 13.2 Å². The Morgan fingerprint density at radius 3 is 2.42 bits per heavy atom. The van der Waals surface area contributed by atoms with Crippen molar-refractivity contribution in [3.63, 3.8) is 0 Å². The number of benzene rings is 1. The maximum atomic E-state index is 13.2. The van der Waals surface area contributed by atoms with Gasteiger partial charge in [0.25, 0.3) is 5.91 Å². The highest BCUT2D eigenvalue weighted by Gasteiger charge is 2.34. The average molecular weight is 429 g/mol. The van der Waals surface area contributed by atoms with Gasteiger partial charge in [-0.1, -0.05) is 43.5 Å². The molecule has 1 aromatic carbocycles. The number of carbonyl (C=O) groups is 1. The third kappa shape index (κ3) is 5.88.